The number of rotatable bonds is 4. The van der Waals surface area contributed by atoms with Gasteiger partial charge in [-0.15, -0.1) is 11.8 Å². The van der Waals surface area contributed by atoms with Crippen LogP contribution in [0.4, 0.5) is 0 Å². The van der Waals surface area contributed by atoms with E-state index in [9.17, 15) is 4.79 Å². The first-order chi connectivity index (χ1) is 7.50. The van der Waals surface area contributed by atoms with E-state index in [1.54, 1.807) is 23.6 Å². The maximum Gasteiger partial charge on any atom is 0.219 e. The average Bonchev–Trinajstić information content (AvgIpc) is 2.26. The van der Waals surface area contributed by atoms with Crippen molar-refractivity contribution in [3.63, 3.8) is 0 Å². The minimum atomic E-state index is 0.101. The zero-order valence-electron chi connectivity index (χ0n) is 9.74. The minimum absolute atomic E-state index is 0.101. The van der Waals surface area contributed by atoms with Crippen molar-refractivity contribution in [3.05, 3.63) is 29.3 Å². The van der Waals surface area contributed by atoms with Crippen LogP contribution in [-0.2, 0) is 4.79 Å². The molecule has 2 nitrogen and oxygen atoms in total. The third-order valence-corrected chi connectivity index (χ3v) is 3.97. The summed E-state index contributed by atoms with van der Waals surface area (Å²) < 4.78 is 0. The molecule has 1 amide bonds. The van der Waals surface area contributed by atoms with Crippen molar-refractivity contribution in [2.24, 2.45) is 0 Å². The van der Waals surface area contributed by atoms with Gasteiger partial charge in [0.25, 0.3) is 0 Å². The van der Waals surface area contributed by atoms with Crippen molar-refractivity contribution in [1.82, 2.24) is 4.90 Å². The van der Waals surface area contributed by atoms with Gasteiger partial charge in [0.15, 0.2) is 0 Å². The molecule has 1 rings (SSSR count). The number of amides is 1. The van der Waals surface area contributed by atoms with E-state index in [2.05, 4.69) is 0 Å². The summed E-state index contributed by atoms with van der Waals surface area (Å²) >= 11 is 7.53. The van der Waals surface area contributed by atoms with Crippen LogP contribution in [-0.4, -0.2) is 29.6 Å². The van der Waals surface area contributed by atoms with Crippen molar-refractivity contribution in [2.45, 2.75) is 24.8 Å². The van der Waals surface area contributed by atoms with Crippen molar-refractivity contribution in [3.8, 4) is 0 Å². The lowest BCUT2D eigenvalue weighted by molar-refractivity contribution is -0.128. The summed E-state index contributed by atoms with van der Waals surface area (Å²) in [4.78, 5) is 14.1. The number of hydrogen-bond acceptors (Lipinski definition) is 2. The van der Waals surface area contributed by atoms with Crippen LogP contribution in [0.3, 0.4) is 0 Å². The lowest BCUT2D eigenvalue weighted by Crippen LogP contribution is -2.34. The summed E-state index contributed by atoms with van der Waals surface area (Å²) in [6.45, 7) is 3.63. The Balaban J connectivity index is 2.45. The van der Waals surface area contributed by atoms with Crippen molar-refractivity contribution in [1.29, 1.82) is 0 Å². The lowest BCUT2D eigenvalue weighted by Gasteiger charge is -2.23. The second-order valence-electron chi connectivity index (χ2n) is 3.74. The fourth-order valence-corrected chi connectivity index (χ4v) is 2.28. The van der Waals surface area contributed by atoms with Crippen LogP contribution in [0.25, 0.3) is 0 Å². The summed E-state index contributed by atoms with van der Waals surface area (Å²) in [5.74, 6) is 0.988. The molecule has 1 atom stereocenters. The quantitative estimate of drug-likeness (QED) is 0.772. The van der Waals surface area contributed by atoms with Gasteiger partial charge in [-0.1, -0.05) is 11.6 Å². The molecule has 0 spiro atoms. The van der Waals surface area contributed by atoms with Crippen LogP contribution >= 0.6 is 23.4 Å². The molecule has 0 saturated carbocycles. The van der Waals surface area contributed by atoms with Gasteiger partial charge in [0.1, 0.15) is 0 Å². The zero-order chi connectivity index (χ0) is 12.1. The molecule has 1 aromatic rings. The smallest absolute Gasteiger partial charge is 0.219 e. The van der Waals surface area contributed by atoms with Gasteiger partial charge < -0.3 is 4.90 Å². The van der Waals surface area contributed by atoms with Gasteiger partial charge in [-0.25, -0.2) is 0 Å². The van der Waals surface area contributed by atoms with Crippen LogP contribution in [0.5, 0.6) is 0 Å². The Hall–Kier alpha value is -0.670. The highest BCUT2D eigenvalue weighted by atomic mass is 35.5. The van der Waals surface area contributed by atoms with Gasteiger partial charge >= 0.3 is 0 Å². The highest BCUT2D eigenvalue weighted by Gasteiger charge is 2.11. The normalized spacial score (nSPS) is 12.2. The maximum absolute atomic E-state index is 11.1. The van der Waals surface area contributed by atoms with Gasteiger partial charge in [0.2, 0.25) is 5.91 Å². The molecule has 0 aliphatic heterocycles. The molecule has 0 heterocycles. The number of benzene rings is 1. The first kappa shape index (κ1) is 13.4. The topological polar surface area (TPSA) is 20.3 Å². The fourth-order valence-electron chi connectivity index (χ4n) is 1.17. The fraction of sp³-hybridized carbons (Fsp3) is 0.417. The number of carbonyl (C=O) groups is 1. The number of halogens is 1. The zero-order valence-corrected chi connectivity index (χ0v) is 11.3. The van der Waals surface area contributed by atoms with E-state index >= 15 is 0 Å². The molecule has 1 aromatic carbocycles. The van der Waals surface area contributed by atoms with E-state index in [1.165, 1.54) is 4.90 Å². The Morgan fingerprint density at radius 1 is 1.44 bits per heavy atom. The van der Waals surface area contributed by atoms with Gasteiger partial charge in [-0.05, 0) is 31.2 Å². The van der Waals surface area contributed by atoms with Gasteiger partial charge in [0.05, 0.1) is 0 Å². The Morgan fingerprint density at radius 3 is 2.50 bits per heavy atom. The van der Waals surface area contributed by atoms with Gasteiger partial charge in [0, 0.05) is 35.7 Å². The Morgan fingerprint density at radius 2 is 2.00 bits per heavy atom. The number of carbonyl (C=O) groups excluding carboxylic acids is 1. The molecule has 0 radical (unpaired) electrons. The summed E-state index contributed by atoms with van der Waals surface area (Å²) in [7, 11) is 1.83. The highest BCUT2D eigenvalue weighted by Crippen LogP contribution is 2.21. The average molecular weight is 258 g/mol. The molecule has 88 valence electrons. The van der Waals surface area contributed by atoms with Crippen molar-refractivity contribution < 1.29 is 4.79 Å². The van der Waals surface area contributed by atoms with Crippen molar-refractivity contribution >= 4 is 29.3 Å². The standard InChI is InChI=1S/C12H16ClNOS/c1-9(14(3)10(2)15)8-16-12-6-4-11(13)5-7-12/h4-7,9H,8H2,1-3H3. The Labute approximate surface area is 106 Å². The van der Waals surface area contributed by atoms with Gasteiger partial charge in [-0.2, -0.15) is 0 Å². The van der Waals surface area contributed by atoms with E-state index in [0.717, 1.165) is 10.8 Å². The van der Waals surface area contributed by atoms with E-state index in [1.807, 2.05) is 38.2 Å². The molecule has 0 fully saturated rings. The molecule has 16 heavy (non-hydrogen) atoms. The van der Waals surface area contributed by atoms with E-state index in [4.69, 9.17) is 11.6 Å². The lowest BCUT2D eigenvalue weighted by atomic mass is 10.3. The highest BCUT2D eigenvalue weighted by molar-refractivity contribution is 7.99. The Bertz CT molecular complexity index is 353. The second-order valence-corrected chi connectivity index (χ2v) is 5.27. The predicted molar refractivity (Wildman–Crippen MR) is 70.1 cm³/mol. The van der Waals surface area contributed by atoms with Crippen LogP contribution in [0, 0.1) is 0 Å². The maximum atomic E-state index is 11.1. The van der Waals surface area contributed by atoms with Crippen molar-refractivity contribution in [2.75, 3.05) is 12.8 Å². The second kappa shape index (κ2) is 6.16. The molecule has 4 heteroatoms. The number of hydrogen-bond donors (Lipinski definition) is 0. The molecule has 0 N–H and O–H groups in total. The molecule has 0 aliphatic rings. The largest absolute Gasteiger partial charge is 0.342 e. The SMILES string of the molecule is CC(=O)N(C)C(C)CSc1ccc(Cl)cc1. The van der Waals surface area contributed by atoms with E-state index in [-0.39, 0.29) is 11.9 Å². The summed E-state index contributed by atoms with van der Waals surface area (Å²) in [6.07, 6.45) is 0. The van der Waals surface area contributed by atoms with E-state index in [0.29, 0.717) is 0 Å². The predicted octanol–water partition coefficient (Wildman–Crippen LogP) is 3.30. The first-order valence-electron chi connectivity index (χ1n) is 5.12. The summed E-state index contributed by atoms with van der Waals surface area (Å²) in [6, 6.07) is 7.98. The molecule has 0 aliphatic carbocycles. The molecule has 0 bridgehead atoms. The molecule has 1 unspecified atom stereocenters. The van der Waals surface area contributed by atoms with E-state index < -0.39 is 0 Å². The van der Waals surface area contributed by atoms with Crippen LogP contribution < -0.4 is 0 Å². The monoisotopic (exact) mass is 257 g/mol. The third kappa shape index (κ3) is 4.06. The Kier molecular flexibility index (Phi) is 5.16. The minimum Gasteiger partial charge on any atom is -0.342 e. The summed E-state index contributed by atoms with van der Waals surface area (Å²) in [5, 5.41) is 0.748. The van der Waals surface area contributed by atoms with Crippen LogP contribution in [0.2, 0.25) is 5.02 Å². The molecular formula is C12H16ClNOS. The van der Waals surface area contributed by atoms with Crippen LogP contribution in [0.1, 0.15) is 13.8 Å². The first-order valence-corrected chi connectivity index (χ1v) is 6.49. The summed E-state index contributed by atoms with van der Waals surface area (Å²) in [5.41, 5.74) is 0. The molecule has 0 saturated heterocycles. The number of thioether (sulfide) groups is 1. The van der Waals surface area contributed by atoms with Gasteiger partial charge in [-0.3, -0.25) is 4.79 Å². The molecule has 0 aromatic heterocycles. The third-order valence-electron chi connectivity index (χ3n) is 2.46. The van der Waals surface area contributed by atoms with Crippen LogP contribution in [0.15, 0.2) is 29.2 Å². The number of nitrogens with zero attached hydrogens (tertiary/aromatic N) is 1. The molecular weight excluding hydrogens is 242 g/mol.